The Labute approximate surface area is 171 Å². The third-order valence-corrected chi connectivity index (χ3v) is 7.20. The van der Waals surface area contributed by atoms with Crippen LogP contribution in [0.25, 0.3) is 0 Å². The predicted molar refractivity (Wildman–Crippen MR) is 111 cm³/mol. The maximum Gasteiger partial charge on any atom is 0.119 e. The minimum absolute atomic E-state index is 0.403. The van der Waals surface area contributed by atoms with Gasteiger partial charge in [0.2, 0.25) is 0 Å². The normalized spacial score (nSPS) is 25.4. The average Bonchev–Trinajstić information content (AvgIpc) is 3.43. The minimum atomic E-state index is 0.403. The molecule has 6 heteroatoms. The molecule has 2 aromatic rings. The van der Waals surface area contributed by atoms with Crippen molar-refractivity contribution in [3.8, 4) is 5.75 Å². The first-order chi connectivity index (χ1) is 13.9. The third-order valence-electron chi connectivity index (χ3n) is 6.31. The van der Waals surface area contributed by atoms with Crippen LogP contribution in [0.15, 0.2) is 29.8 Å². The molecule has 0 N–H and O–H groups in total. The van der Waals surface area contributed by atoms with E-state index in [1.807, 2.05) is 6.20 Å². The van der Waals surface area contributed by atoms with Crippen LogP contribution >= 0.6 is 11.3 Å². The van der Waals surface area contributed by atoms with Gasteiger partial charge in [0.1, 0.15) is 10.8 Å². The summed E-state index contributed by atoms with van der Waals surface area (Å²) < 4.78 is 11.6. The van der Waals surface area contributed by atoms with Gasteiger partial charge in [0.15, 0.2) is 0 Å². The van der Waals surface area contributed by atoms with Crippen LogP contribution in [-0.2, 0) is 4.74 Å². The third kappa shape index (κ3) is 3.83. The first kappa shape index (κ1) is 18.6. The van der Waals surface area contributed by atoms with Crippen LogP contribution in [0.5, 0.6) is 5.75 Å². The number of aromatic nitrogens is 1. The summed E-state index contributed by atoms with van der Waals surface area (Å²) in [4.78, 5) is 9.74. The highest BCUT2D eigenvalue weighted by atomic mass is 32.1. The second kappa shape index (κ2) is 8.49. The molecule has 2 fully saturated rings. The van der Waals surface area contributed by atoms with E-state index >= 15 is 0 Å². The fraction of sp³-hybridized carbons (Fsp3) is 0.591. The number of hydrogen-bond acceptors (Lipinski definition) is 6. The minimum Gasteiger partial charge on any atom is -0.494 e. The van der Waals surface area contributed by atoms with Crippen molar-refractivity contribution in [3.63, 3.8) is 0 Å². The smallest absolute Gasteiger partial charge is 0.119 e. The highest BCUT2D eigenvalue weighted by Gasteiger charge is 2.37. The molecular weight excluding hydrogens is 370 g/mol. The van der Waals surface area contributed by atoms with Gasteiger partial charge in [0.25, 0.3) is 0 Å². The monoisotopic (exact) mass is 399 g/mol. The molecule has 3 aliphatic rings. The van der Waals surface area contributed by atoms with Gasteiger partial charge in [-0.2, -0.15) is 0 Å². The Bertz CT molecular complexity index is 776. The topological polar surface area (TPSA) is 37.8 Å². The van der Waals surface area contributed by atoms with Crippen molar-refractivity contribution in [1.29, 1.82) is 0 Å². The van der Waals surface area contributed by atoms with Crippen LogP contribution < -0.4 is 4.74 Å². The SMILES string of the molecule is c1csc([C@@H]2CN3CCC[C@H]3c3cc(OCCCN4CCOCC4)ccc32)n1. The zero-order valence-corrected chi connectivity index (χ0v) is 17.2. The number of benzene rings is 1. The van der Waals surface area contributed by atoms with Crippen LogP contribution in [0.1, 0.15) is 47.4 Å². The lowest BCUT2D eigenvalue weighted by molar-refractivity contribution is 0.0358. The molecule has 3 aliphatic heterocycles. The first-order valence-corrected chi connectivity index (χ1v) is 11.5. The van der Waals surface area contributed by atoms with Crippen LogP contribution in [0, 0.1) is 0 Å². The van der Waals surface area contributed by atoms with Crippen molar-refractivity contribution in [2.45, 2.75) is 31.2 Å². The van der Waals surface area contributed by atoms with Gasteiger partial charge in [-0.25, -0.2) is 4.98 Å². The Morgan fingerprint density at radius 2 is 2.11 bits per heavy atom. The zero-order valence-electron chi connectivity index (χ0n) is 16.4. The molecule has 0 radical (unpaired) electrons. The number of thiazole rings is 1. The molecule has 2 atom stereocenters. The van der Waals surface area contributed by atoms with E-state index in [4.69, 9.17) is 9.47 Å². The van der Waals surface area contributed by atoms with E-state index in [0.717, 1.165) is 58.2 Å². The molecule has 0 unspecified atom stereocenters. The lowest BCUT2D eigenvalue weighted by Crippen LogP contribution is -2.37. The summed E-state index contributed by atoms with van der Waals surface area (Å²) in [6.45, 7) is 8.01. The van der Waals surface area contributed by atoms with E-state index < -0.39 is 0 Å². The molecule has 5 rings (SSSR count). The van der Waals surface area contributed by atoms with Gasteiger partial charge < -0.3 is 9.47 Å². The molecule has 0 spiro atoms. The summed E-state index contributed by atoms with van der Waals surface area (Å²) in [6.07, 6.45) is 5.55. The van der Waals surface area contributed by atoms with Crippen molar-refractivity contribution in [1.82, 2.24) is 14.8 Å². The second-order valence-electron chi connectivity index (χ2n) is 8.02. The first-order valence-electron chi connectivity index (χ1n) is 10.6. The van der Waals surface area contributed by atoms with Crippen LogP contribution in [-0.4, -0.2) is 67.3 Å². The van der Waals surface area contributed by atoms with Gasteiger partial charge in [-0.05, 0) is 49.1 Å². The molecule has 5 nitrogen and oxygen atoms in total. The van der Waals surface area contributed by atoms with Gasteiger partial charge >= 0.3 is 0 Å². The zero-order chi connectivity index (χ0) is 18.8. The predicted octanol–water partition coefficient (Wildman–Crippen LogP) is 3.53. The van der Waals surface area contributed by atoms with Crippen molar-refractivity contribution in [2.24, 2.45) is 0 Å². The number of ether oxygens (including phenoxy) is 2. The van der Waals surface area contributed by atoms with E-state index in [9.17, 15) is 0 Å². The summed E-state index contributed by atoms with van der Waals surface area (Å²) in [5.41, 5.74) is 2.92. The van der Waals surface area contributed by atoms with E-state index in [2.05, 4.69) is 38.4 Å². The molecule has 2 saturated heterocycles. The number of rotatable bonds is 6. The fourth-order valence-corrected chi connectivity index (χ4v) is 5.65. The fourth-order valence-electron chi connectivity index (χ4n) is 4.90. The molecule has 28 heavy (non-hydrogen) atoms. The van der Waals surface area contributed by atoms with Crippen molar-refractivity contribution in [2.75, 3.05) is 52.5 Å². The molecule has 0 saturated carbocycles. The lowest BCUT2D eigenvalue weighted by atomic mass is 9.85. The maximum atomic E-state index is 6.15. The Morgan fingerprint density at radius 3 is 2.96 bits per heavy atom. The standard InChI is InChI=1S/C22H29N3O2S/c1-3-21-19-15-17(27-11-2-7-24-9-12-26-13-10-24)4-5-18(19)20(16-25(21)8-1)22-23-6-14-28-22/h4-6,14-15,20-21H,1-3,7-13,16H2/t20-,21+/m1/s1. The molecule has 150 valence electrons. The van der Waals surface area contributed by atoms with Crippen LogP contribution in [0.4, 0.5) is 0 Å². The number of hydrogen-bond donors (Lipinski definition) is 0. The number of fused-ring (bicyclic) bond motifs is 3. The van der Waals surface area contributed by atoms with Gasteiger partial charge in [-0.3, -0.25) is 9.80 Å². The summed E-state index contributed by atoms with van der Waals surface area (Å²) >= 11 is 1.78. The summed E-state index contributed by atoms with van der Waals surface area (Å²) in [7, 11) is 0. The molecule has 1 aromatic heterocycles. The highest BCUT2D eigenvalue weighted by Crippen LogP contribution is 2.45. The largest absolute Gasteiger partial charge is 0.494 e. The maximum absolute atomic E-state index is 6.15. The Kier molecular flexibility index (Phi) is 5.63. The van der Waals surface area contributed by atoms with Crippen LogP contribution in [0.2, 0.25) is 0 Å². The molecule has 1 aromatic carbocycles. The quantitative estimate of drug-likeness (QED) is 0.695. The highest BCUT2D eigenvalue weighted by molar-refractivity contribution is 7.09. The van der Waals surface area contributed by atoms with E-state index in [1.54, 1.807) is 11.3 Å². The molecule has 0 amide bonds. The number of nitrogens with zero attached hydrogens (tertiary/aromatic N) is 3. The van der Waals surface area contributed by atoms with Gasteiger partial charge in [-0.1, -0.05) is 6.07 Å². The summed E-state index contributed by atoms with van der Waals surface area (Å²) in [5, 5.41) is 3.34. The van der Waals surface area contributed by atoms with E-state index in [-0.39, 0.29) is 0 Å². The van der Waals surface area contributed by atoms with Crippen molar-refractivity contribution < 1.29 is 9.47 Å². The van der Waals surface area contributed by atoms with Crippen molar-refractivity contribution >= 4 is 11.3 Å². The Balaban J connectivity index is 1.27. The molecule has 4 heterocycles. The van der Waals surface area contributed by atoms with E-state index in [0.29, 0.717) is 12.0 Å². The average molecular weight is 400 g/mol. The summed E-state index contributed by atoms with van der Waals surface area (Å²) in [6, 6.07) is 7.34. The Morgan fingerprint density at radius 1 is 1.18 bits per heavy atom. The van der Waals surface area contributed by atoms with Gasteiger partial charge in [0, 0.05) is 49.7 Å². The summed E-state index contributed by atoms with van der Waals surface area (Å²) in [5.74, 6) is 1.42. The lowest BCUT2D eigenvalue weighted by Gasteiger charge is -2.36. The van der Waals surface area contributed by atoms with E-state index in [1.165, 1.54) is 35.5 Å². The number of morpholine rings is 1. The molecule has 0 aliphatic carbocycles. The molecule has 0 bridgehead atoms. The van der Waals surface area contributed by atoms with Crippen LogP contribution in [0.3, 0.4) is 0 Å². The van der Waals surface area contributed by atoms with Gasteiger partial charge in [-0.15, -0.1) is 11.3 Å². The Hall–Kier alpha value is -1.47. The van der Waals surface area contributed by atoms with Gasteiger partial charge in [0.05, 0.1) is 19.8 Å². The second-order valence-corrected chi connectivity index (χ2v) is 8.95. The van der Waals surface area contributed by atoms with Crippen molar-refractivity contribution in [3.05, 3.63) is 45.9 Å². The molecular formula is C22H29N3O2S.